The molecule has 0 saturated carbocycles. The molecule has 0 atom stereocenters. The van der Waals surface area contributed by atoms with E-state index in [9.17, 15) is 4.79 Å². The van der Waals surface area contributed by atoms with Gasteiger partial charge in [-0.2, -0.15) is 0 Å². The molecular weight excluding hydrogens is 351 g/mol. The number of rotatable bonds is 4. The van der Waals surface area contributed by atoms with E-state index in [0.717, 1.165) is 17.9 Å². The molecule has 0 spiro atoms. The first-order chi connectivity index (χ1) is 9.13. The van der Waals surface area contributed by atoms with Gasteiger partial charge in [-0.3, -0.25) is 4.79 Å². The lowest BCUT2D eigenvalue weighted by molar-refractivity contribution is -0.114. The molecule has 2 aromatic carbocycles. The summed E-state index contributed by atoms with van der Waals surface area (Å²) in [4.78, 5) is 10.9. The van der Waals surface area contributed by atoms with Crippen LogP contribution in [0.3, 0.4) is 0 Å². The van der Waals surface area contributed by atoms with Gasteiger partial charge in [0.25, 0.3) is 0 Å². The molecule has 0 radical (unpaired) electrons. The summed E-state index contributed by atoms with van der Waals surface area (Å²) in [5, 5.41) is 6.09. The molecular formula is C15H15IN2O. The zero-order valence-corrected chi connectivity index (χ0v) is 12.8. The number of carbonyl (C=O) groups is 1. The fourth-order valence-electron chi connectivity index (χ4n) is 1.68. The molecule has 0 bridgehead atoms. The topological polar surface area (TPSA) is 41.1 Å². The molecule has 3 nitrogen and oxygen atoms in total. The Kier molecular flexibility index (Phi) is 4.79. The third kappa shape index (κ3) is 4.55. The van der Waals surface area contributed by atoms with E-state index < -0.39 is 0 Å². The summed E-state index contributed by atoms with van der Waals surface area (Å²) in [6.07, 6.45) is 0. The molecule has 2 rings (SSSR count). The van der Waals surface area contributed by atoms with Gasteiger partial charge in [0, 0.05) is 28.4 Å². The molecule has 98 valence electrons. The molecule has 0 unspecified atom stereocenters. The van der Waals surface area contributed by atoms with Crippen LogP contribution in [0, 0.1) is 3.57 Å². The van der Waals surface area contributed by atoms with Gasteiger partial charge in [0.1, 0.15) is 0 Å². The van der Waals surface area contributed by atoms with Crippen molar-refractivity contribution in [1.29, 1.82) is 0 Å². The monoisotopic (exact) mass is 366 g/mol. The Labute approximate surface area is 126 Å². The Morgan fingerprint density at radius 2 is 1.58 bits per heavy atom. The zero-order chi connectivity index (χ0) is 13.7. The van der Waals surface area contributed by atoms with E-state index in [0.29, 0.717) is 0 Å². The van der Waals surface area contributed by atoms with Gasteiger partial charge in [-0.25, -0.2) is 0 Å². The summed E-state index contributed by atoms with van der Waals surface area (Å²) in [6.45, 7) is 2.29. The number of anilines is 2. The second-order valence-electron chi connectivity index (χ2n) is 4.24. The number of hydrogen-bond donors (Lipinski definition) is 2. The maximum Gasteiger partial charge on any atom is 0.221 e. The fourth-order valence-corrected chi connectivity index (χ4v) is 2.04. The number of nitrogens with one attached hydrogen (secondary N) is 2. The van der Waals surface area contributed by atoms with Crippen LogP contribution in [0.1, 0.15) is 12.5 Å². The molecule has 1 amide bonds. The summed E-state index contributed by atoms with van der Waals surface area (Å²) in [5.74, 6) is -0.0559. The molecule has 2 N–H and O–H groups in total. The largest absolute Gasteiger partial charge is 0.381 e. The van der Waals surface area contributed by atoms with Crippen molar-refractivity contribution in [3.63, 3.8) is 0 Å². The molecule has 4 heteroatoms. The lowest BCUT2D eigenvalue weighted by atomic mass is 10.2. The predicted molar refractivity (Wildman–Crippen MR) is 87.2 cm³/mol. The highest BCUT2D eigenvalue weighted by atomic mass is 127. The van der Waals surface area contributed by atoms with Crippen LogP contribution in [0.5, 0.6) is 0 Å². The minimum atomic E-state index is -0.0559. The van der Waals surface area contributed by atoms with E-state index in [1.54, 1.807) is 0 Å². The number of hydrogen-bond acceptors (Lipinski definition) is 2. The summed E-state index contributed by atoms with van der Waals surface area (Å²) in [5.41, 5.74) is 3.09. The van der Waals surface area contributed by atoms with Gasteiger partial charge in [0.2, 0.25) is 5.91 Å². The lowest BCUT2D eigenvalue weighted by Crippen LogP contribution is -2.05. The van der Waals surface area contributed by atoms with Gasteiger partial charge in [0.05, 0.1) is 0 Å². The lowest BCUT2D eigenvalue weighted by Gasteiger charge is -2.08. The van der Waals surface area contributed by atoms with Gasteiger partial charge in [-0.1, -0.05) is 12.1 Å². The van der Waals surface area contributed by atoms with Crippen LogP contribution in [-0.4, -0.2) is 5.91 Å². The maximum absolute atomic E-state index is 10.9. The Bertz CT molecular complexity index is 549. The summed E-state index contributed by atoms with van der Waals surface area (Å²) in [6, 6.07) is 16.1. The van der Waals surface area contributed by atoms with Crippen molar-refractivity contribution in [2.45, 2.75) is 13.5 Å². The van der Waals surface area contributed by atoms with E-state index in [1.165, 1.54) is 16.1 Å². The highest BCUT2D eigenvalue weighted by molar-refractivity contribution is 14.1. The third-order valence-electron chi connectivity index (χ3n) is 2.62. The van der Waals surface area contributed by atoms with Gasteiger partial charge in [0.15, 0.2) is 0 Å². The second-order valence-corrected chi connectivity index (χ2v) is 5.48. The van der Waals surface area contributed by atoms with Crippen molar-refractivity contribution >= 4 is 39.9 Å². The van der Waals surface area contributed by atoms with Crippen molar-refractivity contribution in [1.82, 2.24) is 0 Å². The predicted octanol–water partition coefficient (Wildman–Crippen LogP) is 3.86. The first kappa shape index (κ1) is 13.9. The number of amides is 1. The summed E-state index contributed by atoms with van der Waals surface area (Å²) in [7, 11) is 0. The molecule has 0 aromatic heterocycles. The number of benzene rings is 2. The van der Waals surface area contributed by atoms with Crippen LogP contribution < -0.4 is 10.6 Å². The summed E-state index contributed by atoms with van der Waals surface area (Å²) < 4.78 is 1.24. The highest BCUT2D eigenvalue weighted by Gasteiger charge is 1.97. The molecule has 0 saturated heterocycles. The fraction of sp³-hybridized carbons (Fsp3) is 0.133. The maximum atomic E-state index is 10.9. The van der Waals surface area contributed by atoms with Gasteiger partial charge < -0.3 is 10.6 Å². The Hall–Kier alpha value is -1.56. The van der Waals surface area contributed by atoms with Crippen LogP contribution in [-0.2, 0) is 11.3 Å². The van der Waals surface area contributed by atoms with Crippen LogP contribution in [0.15, 0.2) is 48.5 Å². The second kappa shape index (κ2) is 6.56. The van der Waals surface area contributed by atoms with Crippen molar-refractivity contribution in [2.24, 2.45) is 0 Å². The van der Waals surface area contributed by atoms with Crippen molar-refractivity contribution < 1.29 is 4.79 Å². The molecule has 0 aliphatic heterocycles. The first-order valence-corrected chi connectivity index (χ1v) is 7.07. The smallest absolute Gasteiger partial charge is 0.221 e. The van der Waals surface area contributed by atoms with Gasteiger partial charge >= 0.3 is 0 Å². The van der Waals surface area contributed by atoms with Gasteiger partial charge in [-0.15, -0.1) is 0 Å². The summed E-state index contributed by atoms with van der Waals surface area (Å²) >= 11 is 2.29. The molecule has 19 heavy (non-hydrogen) atoms. The van der Waals surface area contributed by atoms with Crippen molar-refractivity contribution in [2.75, 3.05) is 10.6 Å². The molecule has 0 aliphatic rings. The first-order valence-electron chi connectivity index (χ1n) is 5.99. The minimum absolute atomic E-state index is 0.0559. The standard InChI is InChI=1S/C15H15IN2O/c1-11(19)18-15-8-6-14(7-9-15)17-10-12-2-4-13(16)5-3-12/h2-9,17H,10H2,1H3,(H,18,19). The normalized spacial score (nSPS) is 10.0. The Balaban J connectivity index is 1.92. The van der Waals surface area contributed by atoms with Crippen molar-refractivity contribution in [3.05, 3.63) is 57.7 Å². The van der Waals surface area contributed by atoms with Crippen molar-refractivity contribution in [3.8, 4) is 0 Å². The molecule has 2 aromatic rings. The molecule has 0 fully saturated rings. The minimum Gasteiger partial charge on any atom is -0.381 e. The van der Waals surface area contributed by atoms with Crippen LogP contribution in [0.25, 0.3) is 0 Å². The van der Waals surface area contributed by atoms with E-state index in [4.69, 9.17) is 0 Å². The molecule has 0 aliphatic carbocycles. The Morgan fingerprint density at radius 3 is 2.16 bits per heavy atom. The molecule has 0 heterocycles. The average Bonchev–Trinajstić information content (AvgIpc) is 2.39. The SMILES string of the molecule is CC(=O)Nc1ccc(NCc2ccc(I)cc2)cc1. The van der Waals surface area contributed by atoms with Crippen LogP contribution >= 0.6 is 22.6 Å². The van der Waals surface area contributed by atoms with Gasteiger partial charge in [-0.05, 0) is 64.6 Å². The Morgan fingerprint density at radius 1 is 1.00 bits per heavy atom. The van der Waals surface area contributed by atoms with E-state index >= 15 is 0 Å². The zero-order valence-electron chi connectivity index (χ0n) is 10.6. The van der Waals surface area contributed by atoms with Crippen LogP contribution in [0.4, 0.5) is 11.4 Å². The number of carbonyl (C=O) groups excluding carboxylic acids is 1. The number of halogens is 1. The highest BCUT2D eigenvalue weighted by Crippen LogP contribution is 2.15. The average molecular weight is 366 g/mol. The van der Waals surface area contributed by atoms with E-state index in [1.807, 2.05) is 24.3 Å². The quantitative estimate of drug-likeness (QED) is 0.807. The van der Waals surface area contributed by atoms with Crippen LogP contribution in [0.2, 0.25) is 0 Å². The van der Waals surface area contributed by atoms with E-state index in [2.05, 4.69) is 57.5 Å². The van der Waals surface area contributed by atoms with E-state index in [-0.39, 0.29) is 5.91 Å². The third-order valence-corrected chi connectivity index (χ3v) is 3.33.